The molecule has 2 N–H and O–H groups in total. The fraction of sp³-hybridized carbons (Fsp3) is 1.00. The predicted molar refractivity (Wildman–Crippen MR) is 46.1 cm³/mol. The third kappa shape index (κ3) is 3.49. The molecule has 0 spiro atoms. The summed E-state index contributed by atoms with van der Waals surface area (Å²) in [6.45, 7) is 8.43. The number of hydrogen-bond acceptors (Lipinski definition) is 4. The Hall–Kier alpha value is -0.160. The number of aliphatic hydroxyl groups is 2. The topological polar surface area (TPSA) is 52.9 Å². The smallest absolute Gasteiger partial charge is 0.138 e. The van der Waals surface area contributed by atoms with Crippen LogP contribution in [0.5, 0.6) is 0 Å². The molecule has 0 unspecified atom stereocenters. The minimum Gasteiger partial charge on any atom is -0.374 e. The zero-order valence-electron chi connectivity index (χ0n) is 8.46. The second kappa shape index (κ2) is 3.70. The van der Waals surface area contributed by atoms with E-state index >= 15 is 0 Å². The van der Waals surface area contributed by atoms with Gasteiger partial charge in [0, 0.05) is 0 Å². The molecule has 0 atom stereocenters. The second-order valence-electron chi connectivity index (χ2n) is 3.70. The quantitative estimate of drug-likeness (QED) is 0.490. The van der Waals surface area contributed by atoms with E-state index in [1.165, 1.54) is 5.06 Å². The maximum absolute atomic E-state index is 9.59. The highest BCUT2D eigenvalue weighted by Gasteiger charge is 2.35. The summed E-state index contributed by atoms with van der Waals surface area (Å²) in [5.41, 5.74) is -2.37. The number of hydroxylamine groups is 2. The molecule has 0 aliphatic carbocycles. The Morgan fingerprint density at radius 1 is 1.08 bits per heavy atom. The van der Waals surface area contributed by atoms with E-state index in [1.807, 2.05) is 0 Å². The monoisotopic (exact) mass is 177 g/mol. The molecule has 0 fully saturated rings. The number of nitrogens with zero attached hydrogens (tertiary/aromatic N) is 1. The van der Waals surface area contributed by atoms with E-state index in [4.69, 9.17) is 4.84 Å². The average Bonchev–Trinajstić information content (AvgIpc) is 1.77. The molecule has 0 aliphatic rings. The van der Waals surface area contributed by atoms with E-state index in [9.17, 15) is 10.2 Å². The largest absolute Gasteiger partial charge is 0.374 e. The lowest BCUT2D eigenvalue weighted by Gasteiger charge is -2.40. The van der Waals surface area contributed by atoms with Gasteiger partial charge in [-0.25, -0.2) is 0 Å². The Kier molecular flexibility index (Phi) is 3.65. The SMILES string of the molecule is CCON(C(C)(C)O)C(C)(C)O. The molecular weight excluding hydrogens is 158 g/mol. The van der Waals surface area contributed by atoms with Crippen molar-refractivity contribution < 1.29 is 15.1 Å². The van der Waals surface area contributed by atoms with Crippen LogP contribution in [0.2, 0.25) is 0 Å². The summed E-state index contributed by atoms with van der Waals surface area (Å²) in [4.78, 5) is 5.10. The number of rotatable bonds is 4. The molecule has 0 heterocycles. The van der Waals surface area contributed by atoms with Gasteiger partial charge in [-0.2, -0.15) is 0 Å². The number of hydrogen-bond donors (Lipinski definition) is 2. The van der Waals surface area contributed by atoms with E-state index in [0.29, 0.717) is 6.61 Å². The van der Waals surface area contributed by atoms with Crippen molar-refractivity contribution in [1.29, 1.82) is 0 Å². The molecule has 4 heteroatoms. The lowest BCUT2D eigenvalue weighted by Crippen LogP contribution is -2.55. The van der Waals surface area contributed by atoms with Gasteiger partial charge < -0.3 is 10.2 Å². The average molecular weight is 177 g/mol. The molecule has 0 aromatic carbocycles. The summed E-state index contributed by atoms with van der Waals surface area (Å²) in [6.07, 6.45) is 0. The highest BCUT2D eigenvalue weighted by molar-refractivity contribution is 4.70. The second-order valence-corrected chi connectivity index (χ2v) is 3.70. The maximum Gasteiger partial charge on any atom is 0.138 e. The molecular formula is C8H19NO3. The fourth-order valence-corrected chi connectivity index (χ4v) is 1.11. The molecule has 74 valence electrons. The molecule has 4 nitrogen and oxygen atoms in total. The normalized spacial score (nSPS) is 14.0. The van der Waals surface area contributed by atoms with Crippen molar-refractivity contribution >= 4 is 0 Å². The van der Waals surface area contributed by atoms with E-state index in [2.05, 4.69) is 0 Å². The van der Waals surface area contributed by atoms with Gasteiger partial charge in [0.05, 0.1) is 6.61 Å². The summed E-state index contributed by atoms with van der Waals surface area (Å²) in [5, 5.41) is 20.3. The Bertz CT molecular complexity index is 120. The van der Waals surface area contributed by atoms with Gasteiger partial charge in [-0.15, -0.1) is 5.06 Å². The van der Waals surface area contributed by atoms with Crippen LogP contribution in [0.25, 0.3) is 0 Å². The molecule has 0 saturated carbocycles. The maximum atomic E-state index is 9.59. The third-order valence-electron chi connectivity index (χ3n) is 1.25. The highest BCUT2D eigenvalue weighted by Crippen LogP contribution is 2.21. The van der Waals surface area contributed by atoms with Gasteiger partial charge in [0.1, 0.15) is 11.4 Å². The first-order valence-electron chi connectivity index (χ1n) is 4.07. The molecule has 0 aromatic rings. The third-order valence-corrected chi connectivity index (χ3v) is 1.25. The van der Waals surface area contributed by atoms with Crippen LogP contribution in [0, 0.1) is 0 Å². The summed E-state index contributed by atoms with van der Waals surface area (Å²) >= 11 is 0. The standard InChI is InChI=1S/C8H19NO3/c1-6-12-9(7(2,3)10)8(4,5)11/h10-11H,6H2,1-5H3. The molecule has 12 heavy (non-hydrogen) atoms. The van der Waals surface area contributed by atoms with Crippen LogP contribution >= 0.6 is 0 Å². The molecule has 0 bridgehead atoms. The van der Waals surface area contributed by atoms with Crippen molar-refractivity contribution in [3.05, 3.63) is 0 Å². The lowest BCUT2D eigenvalue weighted by atomic mass is 10.2. The first-order valence-corrected chi connectivity index (χ1v) is 4.07. The minimum atomic E-state index is -1.19. The first kappa shape index (κ1) is 11.8. The summed E-state index contributed by atoms with van der Waals surface area (Å²) in [7, 11) is 0. The Balaban J connectivity index is 4.45. The van der Waals surface area contributed by atoms with Crippen LogP contribution in [0.15, 0.2) is 0 Å². The van der Waals surface area contributed by atoms with E-state index in [0.717, 1.165) is 0 Å². The van der Waals surface area contributed by atoms with Gasteiger partial charge in [-0.05, 0) is 34.6 Å². The van der Waals surface area contributed by atoms with E-state index in [1.54, 1.807) is 34.6 Å². The van der Waals surface area contributed by atoms with E-state index in [-0.39, 0.29) is 0 Å². The molecule has 0 saturated heterocycles. The van der Waals surface area contributed by atoms with Crippen molar-refractivity contribution in [2.75, 3.05) is 6.61 Å². The zero-order chi connectivity index (χ0) is 9.99. The van der Waals surface area contributed by atoms with Gasteiger partial charge in [-0.1, -0.05) is 0 Å². The van der Waals surface area contributed by atoms with Crippen LogP contribution in [-0.4, -0.2) is 33.3 Å². The van der Waals surface area contributed by atoms with Crippen molar-refractivity contribution in [1.82, 2.24) is 5.06 Å². The molecule has 0 aromatic heterocycles. The van der Waals surface area contributed by atoms with Crippen LogP contribution in [0.4, 0.5) is 0 Å². The summed E-state index contributed by atoms with van der Waals surface area (Å²) in [6, 6.07) is 0. The van der Waals surface area contributed by atoms with Crippen LogP contribution in [0.3, 0.4) is 0 Å². The lowest BCUT2D eigenvalue weighted by molar-refractivity contribution is -0.363. The Morgan fingerprint density at radius 3 is 1.50 bits per heavy atom. The molecule has 0 rings (SSSR count). The van der Waals surface area contributed by atoms with Gasteiger partial charge >= 0.3 is 0 Å². The minimum absolute atomic E-state index is 0.411. The van der Waals surface area contributed by atoms with Crippen molar-refractivity contribution in [2.45, 2.75) is 46.1 Å². The molecule has 0 amide bonds. The Labute approximate surface area is 73.7 Å². The van der Waals surface area contributed by atoms with Gasteiger partial charge in [0.15, 0.2) is 0 Å². The first-order chi connectivity index (χ1) is 5.19. The van der Waals surface area contributed by atoms with Crippen molar-refractivity contribution in [3.63, 3.8) is 0 Å². The predicted octanol–water partition coefficient (Wildman–Crippen LogP) is 0.697. The van der Waals surface area contributed by atoms with Crippen LogP contribution in [0.1, 0.15) is 34.6 Å². The molecule has 0 aliphatic heterocycles. The van der Waals surface area contributed by atoms with Gasteiger partial charge in [-0.3, -0.25) is 4.84 Å². The van der Waals surface area contributed by atoms with Crippen molar-refractivity contribution in [3.8, 4) is 0 Å². The van der Waals surface area contributed by atoms with Crippen molar-refractivity contribution in [2.24, 2.45) is 0 Å². The fourth-order valence-electron chi connectivity index (χ4n) is 1.11. The highest BCUT2D eigenvalue weighted by atomic mass is 16.7. The summed E-state index contributed by atoms with van der Waals surface area (Å²) < 4.78 is 0. The summed E-state index contributed by atoms with van der Waals surface area (Å²) in [5.74, 6) is 0. The zero-order valence-corrected chi connectivity index (χ0v) is 8.46. The van der Waals surface area contributed by atoms with Gasteiger partial charge in [0.2, 0.25) is 0 Å². The van der Waals surface area contributed by atoms with Crippen LogP contribution in [-0.2, 0) is 4.84 Å². The Morgan fingerprint density at radius 2 is 1.42 bits per heavy atom. The van der Waals surface area contributed by atoms with E-state index < -0.39 is 11.4 Å². The van der Waals surface area contributed by atoms with Crippen LogP contribution < -0.4 is 0 Å². The molecule has 0 radical (unpaired) electrons. The van der Waals surface area contributed by atoms with Gasteiger partial charge in [0.25, 0.3) is 0 Å².